The summed E-state index contributed by atoms with van der Waals surface area (Å²) in [7, 11) is 2.91. The summed E-state index contributed by atoms with van der Waals surface area (Å²) >= 11 is 1.17. The standard InChI is InChI=1S/C18H17NO5S/c1-9-7-14(25-16(9)18(21)23-4)19-17(20)15-10(2)12-8-11(22-3)5-6-13(12)24-15/h5-8H,1-4H3,(H,19,20). The molecule has 7 heteroatoms. The number of anilines is 1. The third-order valence-electron chi connectivity index (χ3n) is 3.87. The predicted octanol–water partition coefficient (Wildman–Crippen LogP) is 4.16. The molecule has 0 unspecified atom stereocenters. The first kappa shape index (κ1) is 17.0. The van der Waals surface area contributed by atoms with Crippen LogP contribution in [0.5, 0.6) is 5.75 Å². The van der Waals surface area contributed by atoms with Gasteiger partial charge in [0.2, 0.25) is 0 Å². The van der Waals surface area contributed by atoms with E-state index in [0.29, 0.717) is 21.2 Å². The molecule has 1 aromatic carbocycles. The van der Waals surface area contributed by atoms with E-state index in [9.17, 15) is 9.59 Å². The molecule has 1 N–H and O–H groups in total. The minimum absolute atomic E-state index is 0.230. The molecule has 0 saturated carbocycles. The van der Waals surface area contributed by atoms with Gasteiger partial charge in [-0.25, -0.2) is 4.79 Å². The van der Waals surface area contributed by atoms with Crippen molar-refractivity contribution in [3.8, 4) is 5.75 Å². The van der Waals surface area contributed by atoms with Crippen LogP contribution in [0.3, 0.4) is 0 Å². The van der Waals surface area contributed by atoms with Crippen LogP contribution < -0.4 is 10.1 Å². The van der Waals surface area contributed by atoms with E-state index in [1.807, 2.05) is 13.0 Å². The molecule has 0 fully saturated rings. The van der Waals surface area contributed by atoms with Crippen molar-refractivity contribution in [2.75, 3.05) is 19.5 Å². The van der Waals surface area contributed by atoms with E-state index < -0.39 is 5.97 Å². The second-order valence-corrected chi connectivity index (χ2v) is 6.54. The number of esters is 1. The van der Waals surface area contributed by atoms with Crippen LogP contribution >= 0.6 is 11.3 Å². The largest absolute Gasteiger partial charge is 0.497 e. The van der Waals surface area contributed by atoms with E-state index in [0.717, 1.165) is 16.5 Å². The van der Waals surface area contributed by atoms with Crippen LogP contribution in [0, 0.1) is 13.8 Å². The Kier molecular flexibility index (Phi) is 4.50. The monoisotopic (exact) mass is 359 g/mol. The highest BCUT2D eigenvalue weighted by molar-refractivity contribution is 7.18. The number of hydrogen-bond acceptors (Lipinski definition) is 6. The highest BCUT2D eigenvalue weighted by Crippen LogP contribution is 2.31. The van der Waals surface area contributed by atoms with Crippen LogP contribution in [0.25, 0.3) is 11.0 Å². The summed E-state index contributed by atoms with van der Waals surface area (Å²) in [6.07, 6.45) is 0. The van der Waals surface area contributed by atoms with E-state index in [4.69, 9.17) is 13.9 Å². The Bertz CT molecular complexity index is 969. The fourth-order valence-electron chi connectivity index (χ4n) is 2.55. The molecule has 0 aliphatic heterocycles. The lowest BCUT2D eigenvalue weighted by Gasteiger charge is -2.00. The lowest BCUT2D eigenvalue weighted by atomic mass is 10.1. The van der Waals surface area contributed by atoms with Crippen LogP contribution in [0.4, 0.5) is 5.00 Å². The van der Waals surface area contributed by atoms with Gasteiger partial charge in [0.25, 0.3) is 5.91 Å². The number of carbonyl (C=O) groups excluding carboxylic acids is 2. The van der Waals surface area contributed by atoms with Gasteiger partial charge >= 0.3 is 5.97 Å². The van der Waals surface area contributed by atoms with E-state index in [1.165, 1.54) is 18.4 Å². The SMILES string of the molecule is COC(=O)c1sc(NC(=O)c2oc3ccc(OC)cc3c2C)cc1C. The second kappa shape index (κ2) is 6.60. The maximum atomic E-state index is 12.6. The molecule has 3 aromatic rings. The molecular formula is C18H17NO5S. The normalized spacial score (nSPS) is 10.7. The molecule has 0 saturated heterocycles. The van der Waals surface area contributed by atoms with Crippen molar-refractivity contribution in [2.45, 2.75) is 13.8 Å². The summed E-state index contributed by atoms with van der Waals surface area (Å²) in [4.78, 5) is 24.7. The number of carbonyl (C=O) groups is 2. The maximum Gasteiger partial charge on any atom is 0.348 e. The van der Waals surface area contributed by atoms with Gasteiger partial charge in [-0.3, -0.25) is 4.79 Å². The Hall–Kier alpha value is -2.80. The number of thiophene rings is 1. The molecule has 2 aromatic heterocycles. The number of hydrogen-bond donors (Lipinski definition) is 1. The van der Waals surface area contributed by atoms with Crippen molar-refractivity contribution in [3.63, 3.8) is 0 Å². The number of methoxy groups -OCH3 is 2. The van der Waals surface area contributed by atoms with E-state index in [2.05, 4.69) is 5.32 Å². The van der Waals surface area contributed by atoms with Gasteiger partial charge in [0.05, 0.1) is 19.2 Å². The number of furan rings is 1. The summed E-state index contributed by atoms with van der Waals surface area (Å²) in [5.74, 6) is 0.134. The first-order chi connectivity index (χ1) is 11.9. The number of fused-ring (bicyclic) bond motifs is 1. The highest BCUT2D eigenvalue weighted by Gasteiger charge is 2.20. The average Bonchev–Trinajstić information content (AvgIpc) is 3.14. The molecule has 0 atom stereocenters. The Morgan fingerprint density at radius 3 is 2.60 bits per heavy atom. The summed E-state index contributed by atoms with van der Waals surface area (Å²) in [5.41, 5.74) is 2.09. The number of amides is 1. The molecule has 0 bridgehead atoms. The number of ether oxygens (including phenoxy) is 2. The van der Waals surface area contributed by atoms with Gasteiger partial charge in [0.15, 0.2) is 5.76 Å². The first-order valence-corrected chi connectivity index (χ1v) is 8.33. The molecule has 25 heavy (non-hydrogen) atoms. The minimum Gasteiger partial charge on any atom is -0.497 e. The number of nitrogens with one attached hydrogen (secondary N) is 1. The van der Waals surface area contributed by atoms with Crippen LogP contribution in [0.15, 0.2) is 28.7 Å². The van der Waals surface area contributed by atoms with Gasteiger partial charge in [0, 0.05) is 10.9 Å². The zero-order valence-corrected chi connectivity index (χ0v) is 15.1. The van der Waals surface area contributed by atoms with Gasteiger partial charge in [-0.2, -0.15) is 0 Å². The van der Waals surface area contributed by atoms with Crippen LogP contribution in [-0.4, -0.2) is 26.1 Å². The summed E-state index contributed by atoms with van der Waals surface area (Å²) < 4.78 is 15.6. The first-order valence-electron chi connectivity index (χ1n) is 7.51. The predicted molar refractivity (Wildman–Crippen MR) is 95.9 cm³/mol. The number of benzene rings is 1. The van der Waals surface area contributed by atoms with Crippen LogP contribution in [0.2, 0.25) is 0 Å². The lowest BCUT2D eigenvalue weighted by molar-refractivity contribution is 0.0605. The molecular weight excluding hydrogens is 342 g/mol. The highest BCUT2D eigenvalue weighted by atomic mass is 32.1. The quantitative estimate of drug-likeness (QED) is 0.708. The molecule has 0 spiro atoms. The van der Waals surface area contributed by atoms with Gasteiger partial charge < -0.3 is 19.2 Å². The molecule has 6 nitrogen and oxygen atoms in total. The second-order valence-electron chi connectivity index (χ2n) is 5.49. The van der Waals surface area contributed by atoms with E-state index in [-0.39, 0.29) is 11.7 Å². The fraction of sp³-hybridized carbons (Fsp3) is 0.222. The minimum atomic E-state index is -0.421. The summed E-state index contributed by atoms with van der Waals surface area (Å²) in [5, 5.41) is 4.15. The van der Waals surface area contributed by atoms with Gasteiger partial charge in [-0.05, 0) is 43.7 Å². The van der Waals surface area contributed by atoms with Gasteiger partial charge in [-0.15, -0.1) is 11.3 Å². The van der Waals surface area contributed by atoms with Crippen molar-refractivity contribution in [1.82, 2.24) is 0 Å². The number of rotatable bonds is 4. The topological polar surface area (TPSA) is 77.8 Å². The molecule has 130 valence electrons. The maximum absolute atomic E-state index is 12.6. The smallest absolute Gasteiger partial charge is 0.348 e. The Morgan fingerprint density at radius 2 is 1.92 bits per heavy atom. The third-order valence-corrected chi connectivity index (χ3v) is 5.01. The van der Waals surface area contributed by atoms with Crippen molar-refractivity contribution in [1.29, 1.82) is 0 Å². The third kappa shape index (κ3) is 3.10. The Morgan fingerprint density at radius 1 is 1.16 bits per heavy atom. The van der Waals surface area contributed by atoms with Crippen molar-refractivity contribution in [2.24, 2.45) is 0 Å². The summed E-state index contributed by atoms with van der Waals surface area (Å²) in [6, 6.07) is 7.10. The van der Waals surface area contributed by atoms with Crippen LogP contribution in [-0.2, 0) is 4.74 Å². The number of aryl methyl sites for hydroxylation is 2. The van der Waals surface area contributed by atoms with Crippen molar-refractivity contribution >= 4 is 39.2 Å². The van der Waals surface area contributed by atoms with E-state index in [1.54, 1.807) is 32.2 Å². The lowest BCUT2D eigenvalue weighted by Crippen LogP contribution is -2.11. The molecule has 2 heterocycles. The van der Waals surface area contributed by atoms with Gasteiger partial charge in [-0.1, -0.05) is 0 Å². The molecule has 0 radical (unpaired) electrons. The fourth-order valence-corrected chi connectivity index (χ4v) is 3.54. The van der Waals surface area contributed by atoms with Crippen molar-refractivity contribution < 1.29 is 23.5 Å². The molecule has 1 amide bonds. The van der Waals surface area contributed by atoms with Gasteiger partial charge in [0.1, 0.15) is 16.2 Å². The average molecular weight is 359 g/mol. The summed E-state index contributed by atoms with van der Waals surface area (Å²) in [6.45, 7) is 3.61. The Labute approximate surface area is 148 Å². The Balaban J connectivity index is 1.90. The zero-order chi connectivity index (χ0) is 18.1. The van der Waals surface area contributed by atoms with Crippen molar-refractivity contribution in [3.05, 3.63) is 46.0 Å². The zero-order valence-electron chi connectivity index (χ0n) is 14.3. The molecule has 3 rings (SSSR count). The molecule has 0 aliphatic rings. The molecule has 0 aliphatic carbocycles. The van der Waals surface area contributed by atoms with Crippen LogP contribution in [0.1, 0.15) is 31.4 Å². The van der Waals surface area contributed by atoms with E-state index >= 15 is 0 Å².